The Balaban J connectivity index is 1.57. The largest absolute Gasteiger partial charge is 0.368 e. The summed E-state index contributed by atoms with van der Waals surface area (Å²) in [5, 5.41) is 8.63. The number of benzene rings is 2. The van der Waals surface area contributed by atoms with Crippen LogP contribution in [-0.2, 0) is 41.6 Å². The molecule has 4 rings (SSSR count). The highest BCUT2D eigenvalue weighted by Gasteiger charge is 2.53. The first-order valence-electron chi connectivity index (χ1n) is 19.0. The monoisotopic (exact) mass is 763 g/mol. The molecule has 0 spiro atoms. The lowest BCUT2D eigenvalue weighted by molar-refractivity contribution is -0.146. The van der Waals surface area contributed by atoms with Crippen molar-refractivity contribution in [1.82, 2.24) is 25.8 Å². The molecule has 2 heterocycles. The predicted octanol–water partition coefficient (Wildman–Crippen LogP) is 1.77. The van der Waals surface area contributed by atoms with E-state index in [1.165, 1.54) is 11.8 Å². The molecular formula is C40H57N7O6S. The maximum absolute atomic E-state index is 14.6. The summed E-state index contributed by atoms with van der Waals surface area (Å²) in [6.45, 7) is 4.99. The van der Waals surface area contributed by atoms with Gasteiger partial charge in [-0.3, -0.25) is 28.8 Å². The van der Waals surface area contributed by atoms with Crippen molar-refractivity contribution in [2.24, 2.45) is 23.3 Å². The second kappa shape index (κ2) is 20.9. The molecule has 2 aliphatic rings. The van der Waals surface area contributed by atoms with Gasteiger partial charge in [-0.1, -0.05) is 74.5 Å². The molecule has 0 aliphatic carbocycles. The molecule has 2 aromatic carbocycles. The SMILES string of the molecule is CSCC[C@H](NC(=O)[C@@H](CC(C)C)N1C[C@@H]2CCN(C(=O)[C@H](Cc3ccccc3)NC(=O)[C@H](Cc3ccccc3)NC(=O)CCCCN)[C@@H]2C1=O)C(N)=O. The fraction of sp³-hybridized carbons (Fsp3) is 0.550. The van der Waals surface area contributed by atoms with Crippen LogP contribution in [0.5, 0.6) is 0 Å². The summed E-state index contributed by atoms with van der Waals surface area (Å²) < 4.78 is 0. The van der Waals surface area contributed by atoms with Crippen molar-refractivity contribution >= 4 is 47.2 Å². The minimum atomic E-state index is -1.03. The van der Waals surface area contributed by atoms with Gasteiger partial charge in [-0.25, -0.2) is 0 Å². The summed E-state index contributed by atoms with van der Waals surface area (Å²) in [6.07, 6.45) is 5.06. The normalized spacial score (nSPS) is 18.8. The van der Waals surface area contributed by atoms with Gasteiger partial charge in [0, 0.05) is 38.3 Å². The first-order chi connectivity index (χ1) is 25.9. The molecule has 14 heteroatoms. The Morgan fingerprint density at radius 3 is 2.04 bits per heavy atom. The van der Waals surface area contributed by atoms with Gasteiger partial charge < -0.3 is 37.2 Å². The second-order valence-corrected chi connectivity index (χ2v) is 15.7. The van der Waals surface area contributed by atoms with Crippen molar-refractivity contribution < 1.29 is 28.8 Å². The van der Waals surface area contributed by atoms with E-state index >= 15 is 0 Å². The number of primary amides is 1. The molecule has 2 aromatic rings. The van der Waals surface area contributed by atoms with Gasteiger partial charge >= 0.3 is 0 Å². The standard InChI is InChI=1S/C40H57N7O6S/c1-26(2)22-33(38(51)44-30(36(42)49)18-21-54-3)47-25-29-17-20-46(35(29)40(47)53)39(52)32(24-28-14-8-5-9-15-28)45-37(50)31(23-27-12-6-4-7-13-27)43-34(48)16-10-11-19-41/h4-9,12-15,26,29-33,35H,10-11,16-25,41H2,1-3H3,(H2,42,49)(H,43,48)(H,44,51)(H,45,50)/t29-,30-,31-,32-,33+,35-/m0/s1. The molecule has 7 N–H and O–H groups in total. The second-order valence-electron chi connectivity index (χ2n) is 14.7. The molecule has 2 aliphatic heterocycles. The summed E-state index contributed by atoms with van der Waals surface area (Å²) in [6, 6.07) is 14.2. The zero-order chi connectivity index (χ0) is 39.2. The van der Waals surface area contributed by atoms with Gasteiger partial charge in [0.05, 0.1) is 0 Å². The van der Waals surface area contributed by atoms with E-state index in [2.05, 4.69) is 16.0 Å². The summed E-state index contributed by atoms with van der Waals surface area (Å²) >= 11 is 1.54. The maximum Gasteiger partial charge on any atom is 0.246 e. The van der Waals surface area contributed by atoms with E-state index in [9.17, 15) is 28.8 Å². The molecule has 13 nitrogen and oxygen atoms in total. The Labute approximate surface area is 323 Å². The third-order valence-corrected chi connectivity index (χ3v) is 10.8. The van der Waals surface area contributed by atoms with Gasteiger partial charge in [-0.2, -0.15) is 11.8 Å². The van der Waals surface area contributed by atoms with Crippen molar-refractivity contribution in [2.75, 3.05) is 31.6 Å². The van der Waals surface area contributed by atoms with E-state index in [0.717, 1.165) is 11.1 Å². The van der Waals surface area contributed by atoms with Gasteiger partial charge in [0.25, 0.3) is 0 Å². The van der Waals surface area contributed by atoms with Crippen molar-refractivity contribution in [3.8, 4) is 0 Å². The number of fused-ring (bicyclic) bond motifs is 1. The molecule has 0 unspecified atom stereocenters. The van der Waals surface area contributed by atoms with Crippen molar-refractivity contribution in [2.45, 2.75) is 95.4 Å². The van der Waals surface area contributed by atoms with E-state index in [1.807, 2.05) is 80.8 Å². The minimum absolute atomic E-state index is 0.0559. The summed E-state index contributed by atoms with van der Waals surface area (Å²) in [5.74, 6) is -2.12. The van der Waals surface area contributed by atoms with Crippen LogP contribution in [0.2, 0.25) is 0 Å². The molecule has 6 atom stereocenters. The van der Waals surface area contributed by atoms with E-state index in [1.54, 1.807) is 9.80 Å². The number of nitrogens with zero attached hydrogens (tertiary/aromatic N) is 2. The number of nitrogens with two attached hydrogens (primary N) is 2. The van der Waals surface area contributed by atoms with Crippen molar-refractivity contribution in [3.63, 3.8) is 0 Å². The lowest BCUT2D eigenvalue weighted by atomic mass is 10.0. The molecule has 2 fully saturated rings. The molecule has 294 valence electrons. The highest BCUT2D eigenvalue weighted by Crippen LogP contribution is 2.35. The van der Waals surface area contributed by atoms with Gasteiger partial charge in [-0.15, -0.1) is 0 Å². The van der Waals surface area contributed by atoms with Gasteiger partial charge in [0.15, 0.2) is 0 Å². The van der Waals surface area contributed by atoms with Crippen molar-refractivity contribution in [1.29, 1.82) is 0 Å². The molecule has 0 bridgehead atoms. The number of nitrogens with one attached hydrogen (secondary N) is 3. The Morgan fingerprint density at radius 2 is 1.46 bits per heavy atom. The molecule has 0 saturated carbocycles. The minimum Gasteiger partial charge on any atom is -0.368 e. The smallest absolute Gasteiger partial charge is 0.246 e. The Kier molecular flexibility index (Phi) is 16.4. The first-order valence-corrected chi connectivity index (χ1v) is 20.4. The average molecular weight is 764 g/mol. The third-order valence-electron chi connectivity index (χ3n) is 10.1. The van der Waals surface area contributed by atoms with Gasteiger partial charge in [0.1, 0.15) is 30.2 Å². The average Bonchev–Trinajstić information content (AvgIpc) is 3.71. The lowest BCUT2D eigenvalue weighted by Gasteiger charge is -2.32. The number of hydrogen-bond acceptors (Lipinski definition) is 8. The molecular weight excluding hydrogens is 707 g/mol. The van der Waals surface area contributed by atoms with Gasteiger partial charge in [-0.05, 0) is 67.7 Å². The Hall–Kier alpha value is -4.43. The van der Waals surface area contributed by atoms with E-state index in [-0.39, 0.29) is 49.5 Å². The van der Waals surface area contributed by atoms with Crippen LogP contribution in [-0.4, -0.2) is 107 Å². The summed E-state index contributed by atoms with van der Waals surface area (Å²) in [5.41, 5.74) is 12.9. The first kappa shape index (κ1) is 42.3. The van der Waals surface area contributed by atoms with E-state index in [0.29, 0.717) is 50.9 Å². The number of likely N-dealkylation sites (tertiary alicyclic amines) is 2. The van der Waals surface area contributed by atoms with E-state index in [4.69, 9.17) is 11.5 Å². The zero-order valence-electron chi connectivity index (χ0n) is 31.7. The predicted molar refractivity (Wildman–Crippen MR) is 210 cm³/mol. The van der Waals surface area contributed by atoms with E-state index < -0.39 is 53.8 Å². The van der Waals surface area contributed by atoms with Crippen LogP contribution in [0.4, 0.5) is 0 Å². The molecule has 6 amide bonds. The fourth-order valence-corrected chi connectivity index (χ4v) is 7.78. The number of thioether (sulfide) groups is 1. The highest BCUT2D eigenvalue weighted by atomic mass is 32.2. The third kappa shape index (κ3) is 11.8. The molecule has 0 radical (unpaired) electrons. The zero-order valence-corrected chi connectivity index (χ0v) is 32.5. The maximum atomic E-state index is 14.6. The van der Waals surface area contributed by atoms with Crippen LogP contribution < -0.4 is 27.4 Å². The Bertz CT molecular complexity index is 1580. The topological polar surface area (TPSA) is 197 Å². The van der Waals surface area contributed by atoms with Crippen LogP contribution in [0.3, 0.4) is 0 Å². The number of hydrogen-bond donors (Lipinski definition) is 5. The number of rotatable bonds is 21. The van der Waals surface area contributed by atoms with Crippen LogP contribution in [0.15, 0.2) is 60.7 Å². The number of carbonyl (C=O) groups is 6. The van der Waals surface area contributed by atoms with Crippen LogP contribution >= 0.6 is 11.8 Å². The number of amides is 6. The summed E-state index contributed by atoms with van der Waals surface area (Å²) in [4.78, 5) is 84.9. The summed E-state index contributed by atoms with van der Waals surface area (Å²) in [7, 11) is 0. The molecule has 2 saturated heterocycles. The highest BCUT2D eigenvalue weighted by molar-refractivity contribution is 7.98. The Morgan fingerprint density at radius 1 is 0.852 bits per heavy atom. The van der Waals surface area contributed by atoms with Crippen LogP contribution in [0.1, 0.15) is 63.5 Å². The quantitative estimate of drug-likeness (QED) is 0.119. The molecule has 0 aromatic heterocycles. The number of carbonyl (C=O) groups excluding carboxylic acids is 6. The number of unbranched alkanes of at least 4 members (excludes halogenated alkanes) is 1. The van der Waals surface area contributed by atoms with Crippen LogP contribution in [0, 0.1) is 11.8 Å². The fourth-order valence-electron chi connectivity index (χ4n) is 7.31. The lowest BCUT2D eigenvalue weighted by Crippen LogP contribution is -2.58. The van der Waals surface area contributed by atoms with Gasteiger partial charge in [0.2, 0.25) is 35.4 Å². The van der Waals surface area contributed by atoms with Crippen LogP contribution in [0.25, 0.3) is 0 Å². The molecule has 54 heavy (non-hydrogen) atoms. The van der Waals surface area contributed by atoms with Crippen molar-refractivity contribution in [3.05, 3.63) is 71.8 Å².